The number of carboxylic acids is 2. The van der Waals surface area contributed by atoms with Gasteiger partial charge in [0.05, 0.1) is 40.8 Å². The molecule has 2 aliphatic heterocycles. The summed E-state index contributed by atoms with van der Waals surface area (Å²) in [5.41, 5.74) is -0.593. The summed E-state index contributed by atoms with van der Waals surface area (Å²) in [7, 11) is 0. The smallest absolute Gasteiger partial charge is 0.394 e. The predicted molar refractivity (Wildman–Crippen MR) is 241 cm³/mol. The number of nitrogens with zero attached hydrogens (tertiary/aromatic N) is 6. The molecule has 4 amide bonds. The van der Waals surface area contributed by atoms with Gasteiger partial charge in [0.1, 0.15) is 0 Å². The zero-order chi connectivity index (χ0) is 47.3. The van der Waals surface area contributed by atoms with Crippen molar-refractivity contribution in [2.24, 2.45) is 0 Å². The summed E-state index contributed by atoms with van der Waals surface area (Å²) in [6, 6.07) is 14.2. The van der Waals surface area contributed by atoms with Crippen molar-refractivity contribution in [2.45, 2.75) is 9.79 Å². The third-order valence-corrected chi connectivity index (χ3v) is 12.5. The summed E-state index contributed by atoms with van der Waals surface area (Å²) < 4.78 is 0. The van der Waals surface area contributed by atoms with Crippen molar-refractivity contribution in [3.8, 4) is 22.3 Å². The minimum absolute atomic E-state index is 0.00918. The molecule has 2 aliphatic rings. The molecule has 0 atom stereocenters. The van der Waals surface area contributed by atoms with Gasteiger partial charge in [0, 0.05) is 85.7 Å². The lowest BCUT2D eigenvalue weighted by molar-refractivity contribution is -0.387. The van der Waals surface area contributed by atoms with Crippen molar-refractivity contribution < 1.29 is 48.8 Å². The Morgan fingerprint density at radius 3 is 1.18 bits per heavy atom. The molecule has 0 spiro atoms. The average molecular weight is 987 g/mol. The van der Waals surface area contributed by atoms with Gasteiger partial charge in [-0.2, -0.15) is 0 Å². The highest BCUT2D eigenvalue weighted by atomic mass is 35.5. The summed E-state index contributed by atoms with van der Waals surface area (Å²) in [6.45, 7) is -0.00897. The molecule has 336 valence electrons. The highest BCUT2D eigenvalue weighted by Gasteiger charge is 2.32. The van der Waals surface area contributed by atoms with E-state index in [1.165, 1.54) is 82.6 Å². The molecule has 0 radical (unpaired) electrons. The molecule has 0 bridgehead atoms. The molecular weight excluding hydrogens is 954 g/mol. The Kier molecular flexibility index (Phi) is 15.2. The van der Waals surface area contributed by atoms with E-state index in [0.717, 1.165) is 22.0 Å². The number of rotatable bonds is 10. The number of hydrogen-bond donors (Lipinski definition) is 2. The normalized spacial score (nSPS) is 14.2. The third kappa shape index (κ3) is 10.9. The number of carbonyl (C=O) groups is 6. The van der Waals surface area contributed by atoms with Crippen molar-refractivity contribution in [3.63, 3.8) is 0 Å². The molecule has 2 heterocycles. The van der Waals surface area contributed by atoms with E-state index in [4.69, 9.17) is 56.6 Å². The molecule has 18 nitrogen and oxygen atoms in total. The molecule has 4 aromatic carbocycles. The maximum Gasteiger partial charge on any atom is 0.394 e. The fourth-order valence-corrected chi connectivity index (χ4v) is 9.17. The molecule has 2 N–H and O–H groups in total. The third-order valence-electron chi connectivity index (χ3n) is 10.3. The van der Waals surface area contributed by atoms with Crippen LogP contribution in [0.1, 0.15) is 11.1 Å². The van der Waals surface area contributed by atoms with Gasteiger partial charge in [-0.25, -0.2) is 9.59 Å². The van der Waals surface area contributed by atoms with Crippen LogP contribution in [0.5, 0.6) is 0 Å². The number of halogens is 4. The first kappa shape index (κ1) is 48.0. The topological polar surface area (TPSA) is 242 Å². The maximum atomic E-state index is 13.3. The average Bonchev–Trinajstić information content (AvgIpc) is 3.27. The first-order chi connectivity index (χ1) is 30.9. The Hall–Kier alpha value is -6.51. The lowest BCUT2D eigenvalue weighted by Crippen LogP contribution is -2.51. The van der Waals surface area contributed by atoms with Crippen LogP contribution in [0, 0.1) is 20.2 Å². The van der Waals surface area contributed by atoms with Gasteiger partial charge in [-0.1, -0.05) is 82.4 Å². The fourth-order valence-electron chi connectivity index (χ4n) is 7.11. The number of piperazine rings is 2. The molecule has 4 aromatic rings. The second kappa shape index (κ2) is 20.5. The van der Waals surface area contributed by atoms with Gasteiger partial charge in [0.2, 0.25) is 11.8 Å². The Morgan fingerprint density at radius 1 is 0.538 bits per heavy atom. The van der Waals surface area contributed by atoms with Gasteiger partial charge in [0.15, 0.2) is 0 Å². The summed E-state index contributed by atoms with van der Waals surface area (Å²) in [4.78, 5) is 102. The van der Waals surface area contributed by atoms with Crippen molar-refractivity contribution >= 4 is 117 Å². The van der Waals surface area contributed by atoms with Crippen molar-refractivity contribution in [2.75, 3.05) is 52.4 Å². The molecule has 23 heteroatoms. The van der Waals surface area contributed by atoms with Gasteiger partial charge >= 0.3 is 23.8 Å². The Bertz CT molecular complexity index is 2550. The summed E-state index contributed by atoms with van der Waals surface area (Å²) in [5, 5.41) is 44.8. The molecule has 0 unspecified atom stereocenters. The van der Waals surface area contributed by atoms with Crippen LogP contribution >= 0.6 is 58.2 Å². The van der Waals surface area contributed by atoms with Crippen molar-refractivity contribution in [3.05, 3.63) is 124 Å². The van der Waals surface area contributed by atoms with Crippen LogP contribution in [0.2, 0.25) is 20.1 Å². The zero-order valence-corrected chi connectivity index (χ0v) is 37.2. The molecule has 2 saturated heterocycles. The lowest BCUT2D eigenvalue weighted by Gasteiger charge is -2.33. The largest absolute Gasteiger partial charge is 0.474 e. The number of hydrogen-bond acceptors (Lipinski definition) is 11. The number of amides is 4. The molecule has 0 aliphatic carbocycles. The van der Waals surface area contributed by atoms with Crippen LogP contribution in [-0.2, 0) is 28.8 Å². The van der Waals surface area contributed by atoms with E-state index in [-0.39, 0.29) is 116 Å². The monoisotopic (exact) mass is 984 g/mol. The second-order valence-corrected chi connectivity index (χ2v) is 16.9. The highest BCUT2D eigenvalue weighted by molar-refractivity contribution is 7.99. The van der Waals surface area contributed by atoms with Crippen LogP contribution in [-0.4, -0.2) is 128 Å². The van der Waals surface area contributed by atoms with Crippen LogP contribution in [0.4, 0.5) is 11.4 Å². The van der Waals surface area contributed by atoms with E-state index in [2.05, 4.69) is 0 Å². The van der Waals surface area contributed by atoms with Gasteiger partial charge in [-0.05, 0) is 59.7 Å². The lowest BCUT2D eigenvalue weighted by atomic mass is 9.97. The van der Waals surface area contributed by atoms with Gasteiger partial charge < -0.3 is 29.8 Å². The van der Waals surface area contributed by atoms with E-state index >= 15 is 0 Å². The first-order valence-electron chi connectivity index (χ1n) is 19.1. The van der Waals surface area contributed by atoms with E-state index in [0.29, 0.717) is 11.8 Å². The second-order valence-electron chi connectivity index (χ2n) is 14.1. The number of benzene rings is 4. The number of aliphatic carboxylic acids is 2. The number of nitro groups is 2. The summed E-state index contributed by atoms with van der Waals surface area (Å²) >= 11 is 26.3. The van der Waals surface area contributed by atoms with Crippen LogP contribution < -0.4 is 0 Å². The van der Waals surface area contributed by atoms with Gasteiger partial charge in [0.25, 0.3) is 11.4 Å². The molecule has 0 saturated carbocycles. The van der Waals surface area contributed by atoms with Crippen LogP contribution in [0.25, 0.3) is 34.4 Å². The van der Waals surface area contributed by atoms with Crippen molar-refractivity contribution in [1.82, 2.24) is 19.6 Å². The van der Waals surface area contributed by atoms with E-state index < -0.39 is 56.8 Å². The van der Waals surface area contributed by atoms with Gasteiger partial charge in [-0.3, -0.25) is 39.4 Å². The Morgan fingerprint density at radius 2 is 0.877 bits per heavy atom. The highest BCUT2D eigenvalue weighted by Crippen LogP contribution is 2.50. The number of carboxylic acid groups (broad SMARTS) is 2. The van der Waals surface area contributed by atoms with E-state index in [1.54, 1.807) is 0 Å². The van der Waals surface area contributed by atoms with Crippen molar-refractivity contribution in [1.29, 1.82) is 0 Å². The standard InChI is InChI=1S/C42H32Cl4N6O12S/c43-25-5-7-27(29(45)21-25)35-23(3-11-33(53)47-13-17-49(18-14-47)39(55)41(57)58)1-9-31(37(35)51(61)62)65-32-10-2-24(36(38(32)52(63)64)28-8-6-26(44)22-30(28)46)4-12-34(54)48-15-19-50(20-16-48)40(56)42(59)60/h1-12,21-22H,13-20H2,(H,57,58)(H,59,60)/b11-3+,12-4+. The molecule has 2 fully saturated rings. The molecular formula is C42H32Cl4N6O12S. The summed E-state index contributed by atoms with van der Waals surface area (Å²) in [5.74, 6) is -6.49. The first-order valence-corrected chi connectivity index (χ1v) is 21.4. The minimum atomic E-state index is -1.62. The molecule has 0 aromatic heterocycles. The Labute approximate surface area is 392 Å². The minimum Gasteiger partial charge on any atom is -0.474 e. The number of nitro benzene ring substituents is 2. The number of carbonyl (C=O) groups excluding carboxylic acids is 4. The SMILES string of the molecule is O=C(O)C(=O)N1CCN(C(=O)/C=C/c2ccc(Sc3ccc(/C=C/C(=O)N4CCN(C(=O)C(=O)O)CC4)c(-c4ccc(Cl)cc4Cl)c3[N+](=O)[O-])c([N+](=O)[O-])c2-c2ccc(Cl)cc2Cl)CC1. The molecule has 65 heavy (non-hydrogen) atoms. The fraction of sp³-hybridized carbons (Fsp3) is 0.190. The van der Waals surface area contributed by atoms with E-state index in [9.17, 15) is 49.0 Å². The predicted octanol–water partition coefficient (Wildman–Crippen LogP) is 7.14. The molecule has 6 rings (SSSR count). The van der Waals surface area contributed by atoms with E-state index in [1.807, 2.05) is 0 Å². The van der Waals surface area contributed by atoms with Gasteiger partial charge in [-0.15, -0.1) is 0 Å². The Balaban J connectivity index is 1.41. The quantitative estimate of drug-likeness (QED) is 0.0696. The maximum absolute atomic E-state index is 13.3. The summed E-state index contributed by atoms with van der Waals surface area (Å²) in [6.07, 6.45) is 5.00. The zero-order valence-electron chi connectivity index (χ0n) is 33.3. The van der Waals surface area contributed by atoms with Crippen LogP contribution in [0.3, 0.4) is 0 Å². The van der Waals surface area contributed by atoms with Crippen LogP contribution in [0.15, 0.2) is 82.6 Å².